The maximum atomic E-state index is 12.7. The van der Waals surface area contributed by atoms with Crippen molar-refractivity contribution in [3.8, 4) is 0 Å². The summed E-state index contributed by atoms with van der Waals surface area (Å²) >= 11 is 0. The predicted molar refractivity (Wildman–Crippen MR) is 105 cm³/mol. The van der Waals surface area contributed by atoms with Gasteiger partial charge in [-0.15, -0.1) is 0 Å². The molecule has 1 saturated heterocycles. The fourth-order valence-corrected chi connectivity index (χ4v) is 5.81. The molecule has 1 aromatic rings. The summed E-state index contributed by atoms with van der Waals surface area (Å²) in [4.78, 5) is 2.22. The van der Waals surface area contributed by atoms with Gasteiger partial charge in [0.25, 0.3) is 0 Å². The van der Waals surface area contributed by atoms with Gasteiger partial charge in [0.2, 0.25) is 0 Å². The summed E-state index contributed by atoms with van der Waals surface area (Å²) in [6.07, 6.45) is 4.99. The topological polar surface area (TPSA) is 75.4 Å². The van der Waals surface area contributed by atoms with Crippen molar-refractivity contribution in [2.45, 2.75) is 50.9 Å². The average molecular weight is 368 g/mol. The molecule has 0 saturated carbocycles. The van der Waals surface area contributed by atoms with Gasteiger partial charge in [-0.25, -0.2) is 8.42 Å². The van der Waals surface area contributed by atoms with Gasteiger partial charge in [0.1, 0.15) is 5.37 Å². The number of sulfone groups is 1. The van der Waals surface area contributed by atoms with Crippen molar-refractivity contribution < 1.29 is 8.42 Å². The molecule has 1 aliphatic rings. The molecule has 6 heteroatoms. The summed E-state index contributed by atoms with van der Waals surface area (Å²) in [5.74, 6) is 0.200. The van der Waals surface area contributed by atoms with E-state index in [9.17, 15) is 8.42 Å². The van der Waals surface area contributed by atoms with E-state index in [2.05, 4.69) is 30.1 Å². The lowest BCUT2D eigenvalue weighted by atomic mass is 9.95. The molecular weight excluding hydrogens is 334 g/mol. The van der Waals surface area contributed by atoms with Crippen LogP contribution in [0.15, 0.2) is 24.3 Å². The Hall–Kier alpha value is -1.11. The molecule has 142 valence electrons. The van der Waals surface area contributed by atoms with Gasteiger partial charge in [0.05, 0.1) is 0 Å². The quantitative estimate of drug-likeness (QED) is 0.690. The second-order valence-corrected chi connectivity index (χ2v) is 9.49. The SMILES string of the molecule is CCCN(C(C)Cc1cccc(N)c1)C(C1CCNCC1)S(C)(=O)=O. The fraction of sp³-hybridized carbons (Fsp3) is 0.684. The lowest BCUT2D eigenvalue weighted by Crippen LogP contribution is -2.52. The minimum Gasteiger partial charge on any atom is -0.399 e. The van der Waals surface area contributed by atoms with Gasteiger partial charge >= 0.3 is 0 Å². The Labute approximate surface area is 152 Å². The zero-order valence-corrected chi connectivity index (χ0v) is 16.6. The number of nitrogen functional groups attached to an aromatic ring is 1. The van der Waals surface area contributed by atoms with E-state index in [1.165, 1.54) is 6.26 Å². The molecule has 5 nitrogen and oxygen atoms in total. The highest BCUT2D eigenvalue weighted by atomic mass is 32.2. The van der Waals surface area contributed by atoms with Crippen LogP contribution in [-0.4, -0.2) is 50.6 Å². The van der Waals surface area contributed by atoms with Gasteiger partial charge < -0.3 is 11.1 Å². The van der Waals surface area contributed by atoms with Crippen LogP contribution >= 0.6 is 0 Å². The van der Waals surface area contributed by atoms with Gasteiger partial charge in [-0.05, 0) is 75.9 Å². The molecule has 0 amide bonds. The van der Waals surface area contributed by atoms with E-state index in [1.54, 1.807) is 0 Å². The summed E-state index contributed by atoms with van der Waals surface area (Å²) in [6, 6.07) is 8.04. The third-order valence-electron chi connectivity index (χ3n) is 5.08. The van der Waals surface area contributed by atoms with Crippen molar-refractivity contribution in [3.05, 3.63) is 29.8 Å². The van der Waals surface area contributed by atoms with Crippen LogP contribution in [0.25, 0.3) is 0 Å². The van der Waals surface area contributed by atoms with Crippen LogP contribution in [0.2, 0.25) is 0 Å². The summed E-state index contributed by atoms with van der Waals surface area (Å²) in [5.41, 5.74) is 7.81. The van der Waals surface area contributed by atoms with Crippen LogP contribution in [0.5, 0.6) is 0 Å². The highest BCUT2D eigenvalue weighted by Gasteiger charge is 2.37. The predicted octanol–water partition coefficient (Wildman–Crippen LogP) is 2.28. The Morgan fingerprint density at radius 3 is 2.56 bits per heavy atom. The zero-order valence-electron chi connectivity index (χ0n) is 15.7. The number of piperidine rings is 1. The third kappa shape index (κ3) is 5.69. The second-order valence-electron chi connectivity index (χ2n) is 7.34. The van der Waals surface area contributed by atoms with Crippen molar-refractivity contribution in [1.29, 1.82) is 0 Å². The molecule has 1 aromatic carbocycles. The molecule has 1 fully saturated rings. The van der Waals surface area contributed by atoms with Crippen LogP contribution < -0.4 is 11.1 Å². The first-order chi connectivity index (χ1) is 11.8. The molecule has 1 heterocycles. The molecule has 2 rings (SSSR count). The van der Waals surface area contributed by atoms with E-state index in [1.807, 2.05) is 18.2 Å². The van der Waals surface area contributed by atoms with Crippen LogP contribution in [0.1, 0.15) is 38.7 Å². The van der Waals surface area contributed by atoms with Gasteiger partial charge in [0.15, 0.2) is 9.84 Å². The van der Waals surface area contributed by atoms with Gasteiger partial charge in [-0.2, -0.15) is 0 Å². The molecule has 2 unspecified atom stereocenters. The van der Waals surface area contributed by atoms with E-state index in [-0.39, 0.29) is 12.0 Å². The molecule has 3 N–H and O–H groups in total. The number of hydrogen-bond donors (Lipinski definition) is 2. The number of hydrogen-bond acceptors (Lipinski definition) is 5. The van der Waals surface area contributed by atoms with E-state index >= 15 is 0 Å². The lowest BCUT2D eigenvalue weighted by Gasteiger charge is -2.41. The third-order valence-corrected chi connectivity index (χ3v) is 6.62. The van der Waals surface area contributed by atoms with Crippen molar-refractivity contribution in [3.63, 3.8) is 0 Å². The Balaban J connectivity index is 2.24. The van der Waals surface area contributed by atoms with Gasteiger partial charge in [0, 0.05) is 18.0 Å². The first-order valence-electron chi connectivity index (χ1n) is 9.32. The molecule has 0 aliphatic carbocycles. The van der Waals surface area contributed by atoms with E-state index in [0.717, 1.165) is 56.6 Å². The largest absolute Gasteiger partial charge is 0.399 e. The minimum atomic E-state index is -3.16. The number of nitrogens with zero attached hydrogens (tertiary/aromatic N) is 1. The van der Waals surface area contributed by atoms with Crippen molar-refractivity contribution >= 4 is 15.5 Å². The van der Waals surface area contributed by atoms with Crippen molar-refractivity contribution in [2.24, 2.45) is 5.92 Å². The van der Waals surface area contributed by atoms with Crippen LogP contribution in [0.3, 0.4) is 0 Å². The molecule has 2 atom stereocenters. The van der Waals surface area contributed by atoms with Crippen LogP contribution in [-0.2, 0) is 16.3 Å². The Bertz CT molecular complexity index is 642. The Kier molecular flexibility index (Phi) is 7.28. The Morgan fingerprint density at radius 1 is 1.32 bits per heavy atom. The van der Waals surface area contributed by atoms with Crippen LogP contribution in [0.4, 0.5) is 5.69 Å². The molecule has 0 bridgehead atoms. The normalized spacial score (nSPS) is 19.0. The second kappa shape index (κ2) is 9.01. The van der Waals surface area contributed by atoms with E-state index in [0.29, 0.717) is 0 Å². The summed E-state index contributed by atoms with van der Waals surface area (Å²) in [6.45, 7) is 6.85. The molecule has 25 heavy (non-hydrogen) atoms. The van der Waals surface area contributed by atoms with Crippen molar-refractivity contribution in [2.75, 3.05) is 31.6 Å². The average Bonchev–Trinajstić information content (AvgIpc) is 2.54. The number of anilines is 1. The summed E-state index contributed by atoms with van der Waals surface area (Å²) in [5, 5.41) is 2.94. The van der Waals surface area contributed by atoms with E-state index < -0.39 is 15.2 Å². The monoisotopic (exact) mass is 367 g/mol. The first kappa shape index (κ1) is 20.2. The number of nitrogens with one attached hydrogen (secondary N) is 1. The smallest absolute Gasteiger partial charge is 0.163 e. The first-order valence-corrected chi connectivity index (χ1v) is 11.3. The molecule has 0 spiro atoms. The van der Waals surface area contributed by atoms with E-state index in [4.69, 9.17) is 5.73 Å². The minimum absolute atomic E-state index is 0.149. The Morgan fingerprint density at radius 2 is 2.00 bits per heavy atom. The molecule has 0 radical (unpaired) electrons. The highest BCUT2D eigenvalue weighted by Crippen LogP contribution is 2.28. The summed E-state index contributed by atoms with van der Waals surface area (Å²) < 4.78 is 25.4. The highest BCUT2D eigenvalue weighted by molar-refractivity contribution is 7.91. The fourth-order valence-electron chi connectivity index (χ4n) is 4.03. The van der Waals surface area contributed by atoms with Crippen LogP contribution in [0, 0.1) is 5.92 Å². The molecular formula is C19H33N3O2S. The maximum Gasteiger partial charge on any atom is 0.163 e. The number of benzene rings is 1. The van der Waals surface area contributed by atoms with Crippen molar-refractivity contribution in [1.82, 2.24) is 10.2 Å². The van der Waals surface area contributed by atoms with Gasteiger partial charge in [-0.3, -0.25) is 4.90 Å². The lowest BCUT2D eigenvalue weighted by molar-refractivity contribution is 0.131. The molecule has 0 aromatic heterocycles. The maximum absolute atomic E-state index is 12.7. The zero-order chi connectivity index (χ0) is 18.4. The summed E-state index contributed by atoms with van der Waals surface area (Å²) in [7, 11) is -3.16. The number of rotatable bonds is 8. The standard InChI is InChI=1S/C19H33N3O2S/c1-4-12-22(15(2)13-16-6-5-7-18(20)14-16)19(25(3,23)24)17-8-10-21-11-9-17/h5-7,14-15,17,19,21H,4,8-13,20H2,1-3H3. The molecule has 1 aliphatic heterocycles. The number of nitrogens with two attached hydrogens (primary N) is 1. The van der Waals surface area contributed by atoms with Gasteiger partial charge in [-0.1, -0.05) is 19.1 Å².